The molecule has 20 heavy (non-hydrogen) atoms. The number of hydrogen-bond donors (Lipinski definition) is 0. The van der Waals surface area contributed by atoms with Gasteiger partial charge in [-0.3, -0.25) is 4.18 Å². The molecule has 1 aliphatic carbocycles. The second-order valence-corrected chi connectivity index (χ2v) is 6.56. The standard InChI is InChI=1S/C12H20F2O5S/c1-3-18-11(15)12(13,14)10(19-20(2,16)17)9-7-5-4-6-8-9/h9-10H,3-8H2,1-2H3. The van der Waals surface area contributed by atoms with Gasteiger partial charge in [0.15, 0.2) is 6.10 Å². The van der Waals surface area contributed by atoms with E-state index >= 15 is 0 Å². The van der Waals surface area contributed by atoms with Gasteiger partial charge in [-0.2, -0.15) is 17.2 Å². The fraction of sp³-hybridized carbons (Fsp3) is 0.917. The van der Waals surface area contributed by atoms with Gasteiger partial charge in [0.25, 0.3) is 10.1 Å². The smallest absolute Gasteiger partial charge is 0.379 e. The van der Waals surface area contributed by atoms with Gasteiger partial charge in [-0.15, -0.1) is 0 Å². The molecular weight excluding hydrogens is 294 g/mol. The molecule has 1 unspecified atom stereocenters. The maximum atomic E-state index is 14.1. The summed E-state index contributed by atoms with van der Waals surface area (Å²) < 4.78 is 59.5. The van der Waals surface area contributed by atoms with Crippen LogP contribution >= 0.6 is 0 Å². The molecule has 0 aromatic carbocycles. The molecule has 0 spiro atoms. The topological polar surface area (TPSA) is 69.7 Å². The van der Waals surface area contributed by atoms with Crippen LogP contribution in [-0.4, -0.2) is 39.3 Å². The van der Waals surface area contributed by atoms with Crippen molar-refractivity contribution in [3.05, 3.63) is 0 Å². The van der Waals surface area contributed by atoms with Crippen LogP contribution in [0, 0.1) is 5.92 Å². The molecule has 0 bridgehead atoms. The average Bonchev–Trinajstić information content (AvgIpc) is 2.36. The maximum absolute atomic E-state index is 14.1. The largest absolute Gasteiger partial charge is 0.461 e. The van der Waals surface area contributed by atoms with Crippen LogP contribution in [0.2, 0.25) is 0 Å². The van der Waals surface area contributed by atoms with Crippen LogP contribution in [0.25, 0.3) is 0 Å². The van der Waals surface area contributed by atoms with Gasteiger partial charge in [0.2, 0.25) is 0 Å². The Kier molecular flexibility index (Phi) is 5.88. The molecule has 0 heterocycles. The Bertz CT molecular complexity index is 429. The maximum Gasteiger partial charge on any atom is 0.379 e. The van der Waals surface area contributed by atoms with E-state index in [0.717, 1.165) is 6.42 Å². The molecule has 0 aromatic rings. The molecule has 0 radical (unpaired) electrons. The van der Waals surface area contributed by atoms with Crippen molar-refractivity contribution >= 4 is 16.1 Å². The summed E-state index contributed by atoms with van der Waals surface area (Å²) in [4.78, 5) is 11.4. The Hall–Kier alpha value is -0.760. The van der Waals surface area contributed by atoms with Crippen molar-refractivity contribution in [2.75, 3.05) is 12.9 Å². The molecule has 1 aliphatic rings. The van der Waals surface area contributed by atoms with E-state index in [1.807, 2.05) is 0 Å². The molecule has 1 fully saturated rings. The predicted octanol–water partition coefficient (Wildman–Crippen LogP) is 2.11. The zero-order valence-corrected chi connectivity index (χ0v) is 12.4. The lowest BCUT2D eigenvalue weighted by molar-refractivity contribution is -0.191. The summed E-state index contributed by atoms with van der Waals surface area (Å²) in [5.41, 5.74) is 0. The normalized spacial score (nSPS) is 19.6. The van der Waals surface area contributed by atoms with Gasteiger partial charge in [0.1, 0.15) is 0 Å². The van der Waals surface area contributed by atoms with Gasteiger partial charge >= 0.3 is 11.9 Å². The second-order valence-electron chi connectivity index (χ2n) is 4.96. The summed E-state index contributed by atoms with van der Waals surface area (Å²) >= 11 is 0. The summed E-state index contributed by atoms with van der Waals surface area (Å²) in [6, 6.07) is 0. The molecule has 0 saturated heterocycles. The van der Waals surface area contributed by atoms with Gasteiger partial charge in [-0.25, -0.2) is 4.79 Å². The Balaban J connectivity index is 2.98. The van der Waals surface area contributed by atoms with Gasteiger partial charge < -0.3 is 4.74 Å². The summed E-state index contributed by atoms with van der Waals surface area (Å²) in [6.07, 6.45) is 1.87. The zero-order chi connectivity index (χ0) is 15.4. The molecule has 0 amide bonds. The van der Waals surface area contributed by atoms with Crippen LogP contribution in [0.1, 0.15) is 39.0 Å². The molecule has 118 valence electrons. The van der Waals surface area contributed by atoms with Gasteiger partial charge in [-0.05, 0) is 25.7 Å². The highest BCUT2D eigenvalue weighted by molar-refractivity contribution is 7.86. The third kappa shape index (κ3) is 4.66. The van der Waals surface area contributed by atoms with E-state index in [0.29, 0.717) is 31.9 Å². The number of ether oxygens (including phenoxy) is 1. The van der Waals surface area contributed by atoms with Crippen LogP contribution in [-0.2, 0) is 23.8 Å². The molecule has 1 atom stereocenters. The Morgan fingerprint density at radius 1 is 1.30 bits per heavy atom. The minimum Gasteiger partial charge on any atom is -0.461 e. The number of alkyl halides is 2. The lowest BCUT2D eigenvalue weighted by atomic mass is 9.83. The Morgan fingerprint density at radius 3 is 2.30 bits per heavy atom. The molecule has 1 saturated carbocycles. The van der Waals surface area contributed by atoms with Gasteiger partial charge in [-0.1, -0.05) is 19.3 Å². The number of hydrogen-bond acceptors (Lipinski definition) is 5. The third-order valence-electron chi connectivity index (χ3n) is 3.26. The fourth-order valence-corrected chi connectivity index (χ4v) is 3.06. The van der Waals surface area contributed by atoms with Crippen molar-refractivity contribution in [1.29, 1.82) is 0 Å². The third-order valence-corrected chi connectivity index (χ3v) is 3.82. The first-order valence-electron chi connectivity index (χ1n) is 6.61. The molecule has 0 N–H and O–H groups in total. The van der Waals surface area contributed by atoms with Crippen LogP contribution in [0.4, 0.5) is 8.78 Å². The van der Waals surface area contributed by atoms with E-state index in [1.54, 1.807) is 0 Å². The van der Waals surface area contributed by atoms with Gasteiger partial charge in [0, 0.05) is 0 Å². The SMILES string of the molecule is CCOC(=O)C(F)(F)C(OS(C)(=O)=O)C1CCCCC1. The van der Waals surface area contributed by atoms with E-state index in [-0.39, 0.29) is 6.61 Å². The van der Waals surface area contributed by atoms with E-state index in [4.69, 9.17) is 0 Å². The summed E-state index contributed by atoms with van der Waals surface area (Å²) in [7, 11) is -4.09. The van der Waals surface area contributed by atoms with Crippen molar-refractivity contribution in [2.24, 2.45) is 5.92 Å². The zero-order valence-electron chi connectivity index (χ0n) is 11.6. The van der Waals surface area contributed by atoms with E-state index in [2.05, 4.69) is 8.92 Å². The average molecular weight is 314 g/mol. The van der Waals surface area contributed by atoms with E-state index < -0.39 is 34.0 Å². The lowest BCUT2D eigenvalue weighted by Gasteiger charge is -2.33. The quantitative estimate of drug-likeness (QED) is 0.555. The van der Waals surface area contributed by atoms with Crippen molar-refractivity contribution in [3.8, 4) is 0 Å². The van der Waals surface area contributed by atoms with Crippen LogP contribution in [0.5, 0.6) is 0 Å². The Morgan fingerprint density at radius 2 is 1.85 bits per heavy atom. The van der Waals surface area contributed by atoms with Crippen LogP contribution < -0.4 is 0 Å². The first-order valence-corrected chi connectivity index (χ1v) is 8.43. The lowest BCUT2D eigenvalue weighted by Crippen LogP contribution is -2.49. The number of rotatable bonds is 6. The minimum absolute atomic E-state index is 0.204. The number of esters is 1. The number of carbonyl (C=O) groups is 1. The number of carbonyl (C=O) groups excluding carboxylic acids is 1. The first-order chi connectivity index (χ1) is 9.18. The number of halogens is 2. The summed E-state index contributed by atoms with van der Waals surface area (Å²) in [5, 5.41) is 0. The van der Waals surface area contributed by atoms with E-state index in [1.165, 1.54) is 6.92 Å². The van der Waals surface area contributed by atoms with Crippen molar-refractivity contribution in [2.45, 2.75) is 51.1 Å². The molecule has 5 nitrogen and oxygen atoms in total. The Labute approximate surface area is 117 Å². The monoisotopic (exact) mass is 314 g/mol. The van der Waals surface area contributed by atoms with Crippen molar-refractivity contribution in [3.63, 3.8) is 0 Å². The molecule has 8 heteroatoms. The first kappa shape index (κ1) is 17.3. The summed E-state index contributed by atoms with van der Waals surface area (Å²) in [6.45, 7) is 1.20. The van der Waals surface area contributed by atoms with Gasteiger partial charge in [0.05, 0.1) is 12.9 Å². The second kappa shape index (κ2) is 6.80. The van der Waals surface area contributed by atoms with Crippen molar-refractivity contribution < 1.29 is 30.9 Å². The fourth-order valence-electron chi connectivity index (χ4n) is 2.40. The molecular formula is C12H20F2O5S. The van der Waals surface area contributed by atoms with Crippen LogP contribution in [0.3, 0.4) is 0 Å². The highest BCUT2D eigenvalue weighted by atomic mass is 32.2. The highest BCUT2D eigenvalue weighted by Crippen LogP contribution is 2.37. The van der Waals surface area contributed by atoms with E-state index in [9.17, 15) is 22.0 Å². The van der Waals surface area contributed by atoms with Crippen molar-refractivity contribution in [1.82, 2.24) is 0 Å². The predicted molar refractivity (Wildman–Crippen MR) is 67.9 cm³/mol. The molecule has 0 aliphatic heterocycles. The molecule has 1 rings (SSSR count). The van der Waals surface area contributed by atoms with Crippen LogP contribution in [0.15, 0.2) is 0 Å². The molecule has 0 aromatic heterocycles. The highest BCUT2D eigenvalue weighted by Gasteiger charge is 2.54. The summed E-state index contributed by atoms with van der Waals surface area (Å²) in [5.74, 6) is -6.38. The minimum atomic E-state index is -4.09.